The van der Waals surface area contributed by atoms with Gasteiger partial charge in [-0.25, -0.2) is 0 Å². The van der Waals surface area contributed by atoms with Gasteiger partial charge in [-0.3, -0.25) is 4.79 Å². The second kappa shape index (κ2) is 7.07. The van der Waals surface area contributed by atoms with Crippen molar-refractivity contribution >= 4 is 5.97 Å². The van der Waals surface area contributed by atoms with Crippen molar-refractivity contribution in [1.29, 1.82) is 0 Å². The molecule has 94 valence electrons. The van der Waals surface area contributed by atoms with Gasteiger partial charge in [-0.15, -0.1) is 0 Å². The summed E-state index contributed by atoms with van der Waals surface area (Å²) in [6.45, 7) is 4.97. The topological polar surface area (TPSA) is 52.3 Å². The second-order valence-electron chi connectivity index (χ2n) is 4.62. The summed E-state index contributed by atoms with van der Waals surface area (Å²) in [5.41, 5.74) is 6.80. The fraction of sp³-hybridized carbons (Fsp3) is 0.500. The number of carbonyl (C=O) groups is 1. The van der Waals surface area contributed by atoms with Gasteiger partial charge in [0.2, 0.25) is 0 Å². The van der Waals surface area contributed by atoms with Crippen molar-refractivity contribution in [2.45, 2.75) is 26.2 Å². The molecule has 0 aliphatic carbocycles. The maximum atomic E-state index is 11.6. The quantitative estimate of drug-likeness (QED) is 0.770. The van der Waals surface area contributed by atoms with E-state index in [1.165, 1.54) is 0 Å². The van der Waals surface area contributed by atoms with Crippen LogP contribution in [0, 0.1) is 5.92 Å². The van der Waals surface area contributed by atoms with Crippen LogP contribution in [0.25, 0.3) is 0 Å². The van der Waals surface area contributed by atoms with E-state index in [9.17, 15) is 4.79 Å². The van der Waals surface area contributed by atoms with E-state index in [1.54, 1.807) is 0 Å². The maximum absolute atomic E-state index is 11.6. The highest BCUT2D eigenvalue weighted by molar-refractivity contribution is 5.70. The molecule has 3 nitrogen and oxygen atoms in total. The molecular weight excluding hydrogens is 214 g/mol. The highest BCUT2D eigenvalue weighted by Crippen LogP contribution is 2.18. The summed E-state index contributed by atoms with van der Waals surface area (Å²) in [5, 5.41) is 0. The molecule has 0 saturated carbocycles. The van der Waals surface area contributed by atoms with E-state index >= 15 is 0 Å². The van der Waals surface area contributed by atoms with Gasteiger partial charge < -0.3 is 10.5 Å². The van der Waals surface area contributed by atoms with E-state index in [4.69, 9.17) is 10.5 Å². The molecule has 3 heteroatoms. The number of ether oxygens (including phenoxy) is 1. The fourth-order valence-corrected chi connectivity index (χ4v) is 1.58. The lowest BCUT2D eigenvalue weighted by Crippen LogP contribution is -2.19. The molecule has 0 radical (unpaired) electrons. The molecule has 0 fully saturated rings. The Hall–Kier alpha value is -1.35. The minimum atomic E-state index is -0.169. The van der Waals surface area contributed by atoms with Crippen LogP contribution in [0.2, 0.25) is 0 Å². The Morgan fingerprint density at radius 1 is 1.29 bits per heavy atom. The van der Waals surface area contributed by atoms with Crippen LogP contribution in [0.3, 0.4) is 0 Å². The first-order chi connectivity index (χ1) is 8.13. The monoisotopic (exact) mass is 235 g/mol. The number of hydrogen-bond donors (Lipinski definition) is 1. The molecule has 0 amide bonds. The number of nitrogens with two attached hydrogens (primary N) is 1. The predicted octanol–water partition coefficient (Wildman–Crippen LogP) is 2.32. The first kappa shape index (κ1) is 13.7. The van der Waals surface area contributed by atoms with Crippen LogP contribution in [0.15, 0.2) is 30.3 Å². The Morgan fingerprint density at radius 2 is 1.94 bits per heavy atom. The Bertz CT molecular complexity index is 335. The summed E-state index contributed by atoms with van der Waals surface area (Å²) in [6.07, 6.45) is 0.354. The second-order valence-corrected chi connectivity index (χ2v) is 4.62. The average Bonchev–Trinajstić information content (AvgIpc) is 2.34. The highest BCUT2D eigenvalue weighted by Gasteiger charge is 2.15. The Balaban J connectivity index is 2.50. The fourth-order valence-electron chi connectivity index (χ4n) is 1.58. The molecule has 0 aliphatic rings. The highest BCUT2D eigenvalue weighted by atomic mass is 16.5. The molecule has 1 atom stereocenters. The maximum Gasteiger partial charge on any atom is 0.306 e. The standard InChI is InChI=1S/C14H21NO2/c1-11(2)10-17-14(16)8-13(9-15)12-6-4-3-5-7-12/h3-7,11,13H,8-10,15H2,1-2H3/t13-/m1/s1. The van der Waals surface area contributed by atoms with E-state index in [2.05, 4.69) is 0 Å². The lowest BCUT2D eigenvalue weighted by Gasteiger charge is -2.15. The molecule has 0 heterocycles. The third-order valence-corrected chi connectivity index (χ3v) is 2.55. The van der Waals surface area contributed by atoms with E-state index in [1.807, 2.05) is 44.2 Å². The molecule has 0 aromatic heterocycles. The van der Waals surface area contributed by atoms with Gasteiger partial charge >= 0.3 is 5.97 Å². The molecule has 1 aromatic carbocycles. The Kier molecular flexibility index (Phi) is 5.70. The number of benzene rings is 1. The van der Waals surface area contributed by atoms with Gasteiger partial charge in [0.1, 0.15) is 0 Å². The van der Waals surface area contributed by atoms with Crippen molar-refractivity contribution in [2.24, 2.45) is 11.7 Å². The first-order valence-corrected chi connectivity index (χ1v) is 6.04. The van der Waals surface area contributed by atoms with Crippen LogP contribution >= 0.6 is 0 Å². The molecule has 1 aromatic rings. The summed E-state index contributed by atoms with van der Waals surface area (Å²) in [5.74, 6) is 0.251. The van der Waals surface area contributed by atoms with Crippen molar-refractivity contribution in [3.05, 3.63) is 35.9 Å². The molecule has 0 spiro atoms. The van der Waals surface area contributed by atoms with Gasteiger partial charge in [0.15, 0.2) is 0 Å². The zero-order chi connectivity index (χ0) is 12.7. The molecule has 1 rings (SSSR count). The molecule has 0 unspecified atom stereocenters. The largest absolute Gasteiger partial charge is 0.465 e. The van der Waals surface area contributed by atoms with Gasteiger partial charge in [0, 0.05) is 5.92 Å². The minimum Gasteiger partial charge on any atom is -0.465 e. The summed E-state index contributed by atoms with van der Waals surface area (Å²) in [4.78, 5) is 11.6. The van der Waals surface area contributed by atoms with E-state index < -0.39 is 0 Å². The molecule has 0 aliphatic heterocycles. The zero-order valence-corrected chi connectivity index (χ0v) is 10.6. The van der Waals surface area contributed by atoms with Crippen molar-refractivity contribution < 1.29 is 9.53 Å². The zero-order valence-electron chi connectivity index (χ0n) is 10.6. The number of hydrogen-bond acceptors (Lipinski definition) is 3. The average molecular weight is 235 g/mol. The molecule has 17 heavy (non-hydrogen) atoms. The van der Waals surface area contributed by atoms with Crippen LogP contribution in [0.1, 0.15) is 31.7 Å². The van der Waals surface area contributed by atoms with Crippen LogP contribution in [-0.4, -0.2) is 19.1 Å². The molecule has 0 saturated heterocycles. The first-order valence-electron chi connectivity index (χ1n) is 6.04. The van der Waals surface area contributed by atoms with Crippen LogP contribution in [0.4, 0.5) is 0 Å². The van der Waals surface area contributed by atoms with Gasteiger partial charge in [-0.1, -0.05) is 44.2 Å². The molecule has 0 bridgehead atoms. The predicted molar refractivity (Wildman–Crippen MR) is 68.7 cm³/mol. The number of esters is 1. The Morgan fingerprint density at radius 3 is 2.47 bits per heavy atom. The van der Waals surface area contributed by atoms with Crippen molar-refractivity contribution in [3.8, 4) is 0 Å². The third kappa shape index (κ3) is 5.00. The van der Waals surface area contributed by atoms with Gasteiger partial charge in [-0.05, 0) is 18.0 Å². The van der Waals surface area contributed by atoms with Crippen LogP contribution in [-0.2, 0) is 9.53 Å². The van der Waals surface area contributed by atoms with Gasteiger partial charge in [0.25, 0.3) is 0 Å². The van der Waals surface area contributed by atoms with Gasteiger partial charge in [0.05, 0.1) is 13.0 Å². The molecule has 2 N–H and O–H groups in total. The summed E-state index contributed by atoms with van der Waals surface area (Å²) in [6, 6.07) is 9.85. The molecular formula is C14H21NO2. The van der Waals surface area contributed by atoms with Crippen LogP contribution in [0.5, 0.6) is 0 Å². The number of carbonyl (C=O) groups excluding carboxylic acids is 1. The van der Waals surface area contributed by atoms with Crippen LogP contribution < -0.4 is 5.73 Å². The van der Waals surface area contributed by atoms with E-state index in [-0.39, 0.29) is 11.9 Å². The summed E-state index contributed by atoms with van der Waals surface area (Å²) >= 11 is 0. The SMILES string of the molecule is CC(C)COC(=O)C[C@H](CN)c1ccccc1. The summed E-state index contributed by atoms with van der Waals surface area (Å²) < 4.78 is 5.16. The normalized spacial score (nSPS) is 12.5. The lowest BCUT2D eigenvalue weighted by molar-refractivity contribution is -0.145. The third-order valence-electron chi connectivity index (χ3n) is 2.55. The van der Waals surface area contributed by atoms with Crippen molar-refractivity contribution in [2.75, 3.05) is 13.2 Å². The van der Waals surface area contributed by atoms with E-state index in [0.717, 1.165) is 5.56 Å². The van der Waals surface area contributed by atoms with E-state index in [0.29, 0.717) is 25.5 Å². The Labute approximate surface area is 103 Å². The summed E-state index contributed by atoms with van der Waals surface area (Å²) in [7, 11) is 0. The minimum absolute atomic E-state index is 0.0517. The van der Waals surface area contributed by atoms with Crippen molar-refractivity contribution in [1.82, 2.24) is 0 Å². The number of rotatable bonds is 6. The van der Waals surface area contributed by atoms with Gasteiger partial charge in [-0.2, -0.15) is 0 Å². The smallest absolute Gasteiger partial charge is 0.306 e. The van der Waals surface area contributed by atoms with Crippen molar-refractivity contribution in [3.63, 3.8) is 0 Å². The lowest BCUT2D eigenvalue weighted by atomic mass is 9.96.